The molecule has 6 nitrogen and oxygen atoms in total. The first-order valence-corrected chi connectivity index (χ1v) is 9.32. The molecule has 1 unspecified atom stereocenters. The zero-order valence-electron chi connectivity index (χ0n) is 16.5. The van der Waals surface area contributed by atoms with Crippen LogP contribution < -0.4 is 9.64 Å². The van der Waals surface area contributed by atoms with Crippen LogP contribution in [0.3, 0.4) is 0 Å². The van der Waals surface area contributed by atoms with Crippen molar-refractivity contribution >= 4 is 11.6 Å². The van der Waals surface area contributed by atoms with E-state index in [0.717, 1.165) is 28.1 Å². The predicted octanol–water partition coefficient (Wildman–Crippen LogP) is 4.19. The maximum absolute atomic E-state index is 12.7. The Morgan fingerprint density at radius 2 is 1.89 bits per heavy atom. The van der Waals surface area contributed by atoms with Gasteiger partial charge < -0.3 is 14.2 Å². The number of methoxy groups -OCH3 is 1. The SMILES string of the molecule is COc1cccc(-c2nc(C3CC(=O)N(c4c(C)cc(C)cc4C)C3)no2)c1. The van der Waals surface area contributed by atoms with Gasteiger partial charge >= 0.3 is 0 Å². The van der Waals surface area contributed by atoms with Crippen molar-refractivity contribution in [3.8, 4) is 17.2 Å². The van der Waals surface area contributed by atoms with Gasteiger partial charge in [0.2, 0.25) is 5.91 Å². The Labute approximate surface area is 164 Å². The Bertz CT molecular complexity index is 1020. The molecule has 1 atom stereocenters. The molecule has 0 saturated carbocycles. The van der Waals surface area contributed by atoms with Crippen molar-refractivity contribution in [1.29, 1.82) is 0 Å². The van der Waals surface area contributed by atoms with E-state index in [0.29, 0.717) is 24.7 Å². The summed E-state index contributed by atoms with van der Waals surface area (Å²) in [5.74, 6) is 1.73. The minimum atomic E-state index is -0.0873. The van der Waals surface area contributed by atoms with Crippen molar-refractivity contribution in [2.75, 3.05) is 18.6 Å². The summed E-state index contributed by atoms with van der Waals surface area (Å²) in [4.78, 5) is 19.1. The molecule has 2 aromatic carbocycles. The number of carbonyl (C=O) groups is 1. The molecule has 0 spiro atoms. The summed E-state index contributed by atoms with van der Waals surface area (Å²) in [5.41, 5.74) is 5.20. The van der Waals surface area contributed by atoms with E-state index in [2.05, 4.69) is 29.2 Å². The van der Waals surface area contributed by atoms with Gasteiger partial charge in [-0.25, -0.2) is 0 Å². The summed E-state index contributed by atoms with van der Waals surface area (Å²) in [6.07, 6.45) is 0.379. The summed E-state index contributed by atoms with van der Waals surface area (Å²) in [7, 11) is 1.62. The summed E-state index contributed by atoms with van der Waals surface area (Å²) in [6.45, 7) is 6.72. The van der Waals surface area contributed by atoms with E-state index >= 15 is 0 Å². The van der Waals surface area contributed by atoms with Crippen LogP contribution in [0, 0.1) is 20.8 Å². The molecule has 1 fully saturated rings. The van der Waals surface area contributed by atoms with E-state index in [1.165, 1.54) is 5.56 Å². The zero-order valence-corrected chi connectivity index (χ0v) is 16.5. The minimum absolute atomic E-state index is 0.0873. The van der Waals surface area contributed by atoms with E-state index in [1.807, 2.05) is 43.0 Å². The predicted molar refractivity (Wildman–Crippen MR) is 107 cm³/mol. The molecular formula is C22H23N3O3. The molecule has 0 radical (unpaired) electrons. The third-order valence-electron chi connectivity index (χ3n) is 5.15. The van der Waals surface area contributed by atoms with Gasteiger partial charge in [0.25, 0.3) is 5.89 Å². The highest BCUT2D eigenvalue weighted by molar-refractivity contribution is 5.97. The molecule has 0 N–H and O–H groups in total. The van der Waals surface area contributed by atoms with Crippen molar-refractivity contribution in [3.05, 3.63) is 58.9 Å². The zero-order chi connectivity index (χ0) is 19.8. The highest BCUT2D eigenvalue weighted by atomic mass is 16.5. The van der Waals surface area contributed by atoms with E-state index in [9.17, 15) is 4.79 Å². The van der Waals surface area contributed by atoms with E-state index in [1.54, 1.807) is 7.11 Å². The topological polar surface area (TPSA) is 68.5 Å². The first-order valence-electron chi connectivity index (χ1n) is 9.32. The van der Waals surface area contributed by atoms with Crippen LogP contribution in [0.15, 0.2) is 40.9 Å². The highest BCUT2D eigenvalue weighted by Crippen LogP contribution is 2.35. The minimum Gasteiger partial charge on any atom is -0.497 e. The van der Waals surface area contributed by atoms with E-state index in [-0.39, 0.29) is 11.8 Å². The number of hydrogen-bond donors (Lipinski definition) is 0. The fraction of sp³-hybridized carbons (Fsp3) is 0.318. The van der Waals surface area contributed by atoms with Crippen LogP contribution >= 0.6 is 0 Å². The van der Waals surface area contributed by atoms with Gasteiger partial charge in [-0.1, -0.05) is 28.9 Å². The Kier molecular flexibility index (Phi) is 4.63. The van der Waals surface area contributed by atoms with Crippen molar-refractivity contribution in [2.24, 2.45) is 0 Å². The Morgan fingerprint density at radius 1 is 1.14 bits per heavy atom. The van der Waals surface area contributed by atoms with Crippen molar-refractivity contribution in [1.82, 2.24) is 10.1 Å². The lowest BCUT2D eigenvalue weighted by Crippen LogP contribution is -2.26. The maximum Gasteiger partial charge on any atom is 0.258 e. The average molecular weight is 377 g/mol. The van der Waals surface area contributed by atoms with E-state index in [4.69, 9.17) is 9.26 Å². The summed E-state index contributed by atoms with van der Waals surface area (Å²) < 4.78 is 10.7. The molecule has 1 aliphatic heterocycles. The third kappa shape index (κ3) is 3.26. The van der Waals surface area contributed by atoms with Crippen molar-refractivity contribution in [2.45, 2.75) is 33.1 Å². The molecule has 4 rings (SSSR count). The Balaban J connectivity index is 1.59. The van der Waals surface area contributed by atoms with Gasteiger partial charge in [0, 0.05) is 30.1 Å². The fourth-order valence-electron chi connectivity index (χ4n) is 3.97. The van der Waals surface area contributed by atoms with Gasteiger partial charge in [0.1, 0.15) is 5.75 Å². The smallest absolute Gasteiger partial charge is 0.258 e. The second-order valence-corrected chi connectivity index (χ2v) is 7.34. The van der Waals surface area contributed by atoms with Gasteiger partial charge in [0.05, 0.1) is 7.11 Å². The van der Waals surface area contributed by atoms with Gasteiger partial charge in [-0.05, 0) is 50.1 Å². The average Bonchev–Trinajstić information content (AvgIpc) is 3.28. The molecule has 144 valence electrons. The Hall–Kier alpha value is -3.15. The van der Waals surface area contributed by atoms with Crippen LogP contribution in [0.25, 0.3) is 11.5 Å². The van der Waals surface area contributed by atoms with Gasteiger partial charge in [-0.2, -0.15) is 4.98 Å². The van der Waals surface area contributed by atoms with Crippen LogP contribution in [-0.4, -0.2) is 29.7 Å². The lowest BCUT2D eigenvalue weighted by atomic mass is 10.0. The van der Waals surface area contributed by atoms with Crippen molar-refractivity contribution < 1.29 is 14.1 Å². The maximum atomic E-state index is 12.7. The second-order valence-electron chi connectivity index (χ2n) is 7.34. The summed E-state index contributed by atoms with van der Waals surface area (Å²) >= 11 is 0. The van der Waals surface area contributed by atoms with Crippen LogP contribution in [0.5, 0.6) is 5.75 Å². The number of carbonyl (C=O) groups excluding carboxylic acids is 1. The molecule has 0 bridgehead atoms. The van der Waals surface area contributed by atoms with Crippen molar-refractivity contribution in [3.63, 3.8) is 0 Å². The first-order chi connectivity index (χ1) is 13.5. The number of hydrogen-bond acceptors (Lipinski definition) is 5. The molecule has 1 saturated heterocycles. The number of aromatic nitrogens is 2. The number of ether oxygens (including phenoxy) is 1. The van der Waals surface area contributed by atoms with Gasteiger partial charge in [0.15, 0.2) is 5.82 Å². The monoisotopic (exact) mass is 377 g/mol. The molecule has 3 aromatic rings. The number of aryl methyl sites for hydroxylation is 3. The quantitative estimate of drug-likeness (QED) is 0.682. The van der Waals surface area contributed by atoms with Crippen LogP contribution in [0.2, 0.25) is 0 Å². The normalized spacial score (nSPS) is 16.6. The van der Waals surface area contributed by atoms with Crippen LogP contribution in [-0.2, 0) is 4.79 Å². The van der Waals surface area contributed by atoms with Gasteiger partial charge in [-0.15, -0.1) is 0 Å². The lowest BCUT2D eigenvalue weighted by Gasteiger charge is -2.22. The Morgan fingerprint density at radius 3 is 2.61 bits per heavy atom. The third-order valence-corrected chi connectivity index (χ3v) is 5.15. The molecular weight excluding hydrogens is 354 g/mol. The molecule has 1 aromatic heterocycles. The van der Waals surface area contributed by atoms with Crippen LogP contribution in [0.4, 0.5) is 5.69 Å². The molecule has 1 amide bonds. The van der Waals surface area contributed by atoms with Gasteiger partial charge in [-0.3, -0.25) is 4.79 Å². The number of anilines is 1. The number of benzene rings is 2. The van der Waals surface area contributed by atoms with Crippen LogP contribution in [0.1, 0.15) is 34.9 Å². The molecule has 2 heterocycles. The lowest BCUT2D eigenvalue weighted by molar-refractivity contribution is -0.117. The summed E-state index contributed by atoms with van der Waals surface area (Å²) in [6, 6.07) is 11.7. The highest BCUT2D eigenvalue weighted by Gasteiger charge is 2.35. The first kappa shape index (κ1) is 18.2. The second kappa shape index (κ2) is 7.11. The number of nitrogens with zero attached hydrogens (tertiary/aromatic N) is 3. The molecule has 6 heteroatoms. The molecule has 0 aliphatic carbocycles. The summed E-state index contributed by atoms with van der Waals surface area (Å²) in [5, 5.41) is 4.15. The molecule has 28 heavy (non-hydrogen) atoms. The largest absolute Gasteiger partial charge is 0.497 e. The number of rotatable bonds is 4. The fourth-order valence-corrected chi connectivity index (χ4v) is 3.97. The standard InChI is InChI=1S/C22H23N3O3/c1-13-8-14(2)20(15(3)9-13)25-12-17(11-19(25)26)21-23-22(28-24-21)16-6-5-7-18(10-16)27-4/h5-10,17H,11-12H2,1-4H3. The molecule has 1 aliphatic rings. The number of amides is 1. The van der Waals surface area contributed by atoms with E-state index < -0.39 is 0 Å².